The first-order chi connectivity index (χ1) is 14.6. The van der Waals surface area contributed by atoms with Gasteiger partial charge in [0, 0.05) is 28.3 Å². The van der Waals surface area contributed by atoms with E-state index < -0.39 is 4.92 Å². The van der Waals surface area contributed by atoms with Crippen LogP contribution < -0.4 is 0 Å². The van der Waals surface area contributed by atoms with Gasteiger partial charge in [-0.3, -0.25) is 14.9 Å². The Bertz CT molecular complexity index is 1170. The normalized spacial score (nSPS) is 15.1. The number of aldehydes is 1. The van der Waals surface area contributed by atoms with E-state index in [1.54, 1.807) is 0 Å². The number of nitro benzene ring substituents is 1. The van der Waals surface area contributed by atoms with Gasteiger partial charge in [-0.05, 0) is 48.4 Å². The predicted octanol–water partition coefficient (Wildman–Crippen LogP) is 5.10. The minimum absolute atomic E-state index is 0.146. The average Bonchev–Trinajstić information content (AvgIpc) is 2.79. The summed E-state index contributed by atoms with van der Waals surface area (Å²) in [6.45, 7) is 0. The van der Waals surface area contributed by atoms with Crippen molar-refractivity contribution in [3.05, 3.63) is 92.7 Å². The number of carbonyl (C=O) groups excluding carboxylic acids is 1. The molecule has 2 aromatic carbocycles. The van der Waals surface area contributed by atoms with E-state index >= 15 is 0 Å². The van der Waals surface area contributed by atoms with Crippen molar-refractivity contribution in [2.75, 3.05) is 0 Å². The molecular formula is C23H17N3O3S. The van der Waals surface area contributed by atoms with Crippen molar-refractivity contribution in [2.24, 2.45) is 0 Å². The van der Waals surface area contributed by atoms with E-state index in [1.165, 1.54) is 35.5 Å². The van der Waals surface area contributed by atoms with E-state index in [4.69, 9.17) is 4.98 Å². The van der Waals surface area contributed by atoms with Gasteiger partial charge in [0.15, 0.2) is 6.29 Å². The second-order valence-electron chi connectivity index (χ2n) is 7.11. The number of fused-ring (bicyclic) bond motifs is 1. The number of nitro groups is 1. The van der Waals surface area contributed by atoms with Crippen LogP contribution in [0.1, 0.15) is 45.1 Å². The third-order valence-electron chi connectivity index (χ3n) is 5.28. The van der Waals surface area contributed by atoms with Crippen LogP contribution in [0, 0.1) is 21.4 Å². The zero-order chi connectivity index (χ0) is 21.1. The molecule has 0 spiro atoms. The molecule has 0 bridgehead atoms. The molecular weight excluding hydrogens is 398 g/mol. The lowest BCUT2D eigenvalue weighted by Crippen LogP contribution is -2.15. The van der Waals surface area contributed by atoms with Gasteiger partial charge < -0.3 is 0 Å². The number of pyridine rings is 1. The van der Waals surface area contributed by atoms with Crippen molar-refractivity contribution in [1.29, 1.82) is 5.26 Å². The van der Waals surface area contributed by atoms with E-state index in [-0.39, 0.29) is 11.3 Å². The van der Waals surface area contributed by atoms with Crippen molar-refractivity contribution in [1.82, 2.24) is 4.98 Å². The Hall–Kier alpha value is -3.50. The zero-order valence-corrected chi connectivity index (χ0v) is 16.8. The SMILES string of the molecule is N#Cc1cc2c(nc1Sc1ccc([N+](=O)[O-])cc1C=O)CC[C@H](c1ccccc1)C2. The summed E-state index contributed by atoms with van der Waals surface area (Å²) in [5, 5.41) is 21.1. The van der Waals surface area contributed by atoms with Crippen molar-refractivity contribution < 1.29 is 9.72 Å². The number of carbonyl (C=O) groups is 1. The third-order valence-corrected chi connectivity index (χ3v) is 6.38. The van der Waals surface area contributed by atoms with E-state index in [2.05, 4.69) is 18.2 Å². The molecule has 30 heavy (non-hydrogen) atoms. The summed E-state index contributed by atoms with van der Waals surface area (Å²) in [7, 11) is 0. The van der Waals surface area contributed by atoms with Crippen molar-refractivity contribution >= 4 is 23.7 Å². The molecule has 0 saturated carbocycles. The number of nitrogens with zero attached hydrogens (tertiary/aromatic N) is 3. The fraction of sp³-hybridized carbons (Fsp3) is 0.174. The van der Waals surface area contributed by atoms with Gasteiger partial charge in [0.05, 0.1) is 10.5 Å². The summed E-state index contributed by atoms with van der Waals surface area (Å²) in [5.74, 6) is 0.405. The quantitative estimate of drug-likeness (QED) is 0.327. The summed E-state index contributed by atoms with van der Waals surface area (Å²) in [4.78, 5) is 27.1. The molecule has 1 aliphatic rings. The molecule has 1 aliphatic carbocycles. The number of hydrogen-bond acceptors (Lipinski definition) is 6. The van der Waals surface area contributed by atoms with Crippen molar-refractivity contribution in [2.45, 2.75) is 35.1 Å². The maximum absolute atomic E-state index is 11.4. The molecule has 0 aliphatic heterocycles. The topological polar surface area (TPSA) is 96.9 Å². The van der Waals surface area contributed by atoms with Crippen molar-refractivity contribution in [3.63, 3.8) is 0 Å². The molecule has 7 heteroatoms. The molecule has 0 unspecified atom stereocenters. The van der Waals surface area contributed by atoms with Gasteiger partial charge in [-0.15, -0.1) is 0 Å². The molecule has 0 saturated heterocycles. The molecule has 1 atom stereocenters. The van der Waals surface area contributed by atoms with E-state index in [9.17, 15) is 20.2 Å². The van der Waals surface area contributed by atoms with Crippen LogP contribution in [-0.4, -0.2) is 16.2 Å². The first kappa shape index (κ1) is 19.8. The molecule has 4 rings (SSSR count). The van der Waals surface area contributed by atoms with Gasteiger partial charge >= 0.3 is 0 Å². The lowest BCUT2D eigenvalue weighted by Gasteiger charge is -2.25. The Balaban J connectivity index is 1.65. The molecule has 148 valence electrons. The second kappa shape index (κ2) is 8.47. The van der Waals surface area contributed by atoms with Gasteiger partial charge in [0.25, 0.3) is 5.69 Å². The fourth-order valence-electron chi connectivity index (χ4n) is 3.75. The van der Waals surface area contributed by atoms with Gasteiger partial charge in [-0.25, -0.2) is 4.98 Å². The highest BCUT2D eigenvalue weighted by atomic mass is 32.2. The van der Waals surface area contributed by atoms with Crippen LogP contribution in [0.25, 0.3) is 0 Å². The Kier molecular flexibility index (Phi) is 5.59. The molecule has 0 fully saturated rings. The summed E-state index contributed by atoms with van der Waals surface area (Å²) in [5.41, 5.74) is 3.85. The number of benzene rings is 2. The second-order valence-corrected chi connectivity index (χ2v) is 8.14. The molecule has 6 nitrogen and oxygen atoms in total. The first-order valence-electron chi connectivity index (χ1n) is 9.48. The van der Waals surface area contributed by atoms with Crippen LogP contribution in [0.5, 0.6) is 0 Å². The minimum atomic E-state index is -0.539. The summed E-state index contributed by atoms with van der Waals surface area (Å²) in [6, 6.07) is 18.6. The molecule has 0 N–H and O–H groups in total. The Labute approximate surface area is 177 Å². The largest absolute Gasteiger partial charge is 0.298 e. The fourth-order valence-corrected chi connectivity index (χ4v) is 4.69. The highest BCUT2D eigenvalue weighted by Gasteiger charge is 2.23. The maximum atomic E-state index is 11.4. The van der Waals surface area contributed by atoms with Crippen LogP contribution in [-0.2, 0) is 12.8 Å². The van der Waals surface area contributed by atoms with Crippen LogP contribution in [0.2, 0.25) is 0 Å². The number of non-ortho nitro benzene ring substituents is 1. The molecule has 3 aromatic rings. The lowest BCUT2D eigenvalue weighted by atomic mass is 9.82. The molecule has 1 aromatic heterocycles. The lowest BCUT2D eigenvalue weighted by molar-refractivity contribution is -0.384. The third kappa shape index (κ3) is 3.95. The average molecular weight is 415 g/mol. The number of nitriles is 1. The van der Waals surface area contributed by atoms with E-state index in [0.29, 0.717) is 27.7 Å². The van der Waals surface area contributed by atoms with Gasteiger partial charge in [-0.1, -0.05) is 42.1 Å². The molecule has 0 radical (unpaired) electrons. The Morgan fingerprint density at radius 2 is 2.00 bits per heavy atom. The number of hydrogen-bond donors (Lipinski definition) is 0. The molecule has 1 heterocycles. The Morgan fingerprint density at radius 3 is 2.70 bits per heavy atom. The standard InChI is InChI=1S/C23H17N3O3S/c24-13-18-11-17-10-16(15-4-2-1-3-5-15)6-8-21(17)25-23(18)30-22-9-7-20(26(28)29)12-19(22)14-27/h1-5,7,9,11-12,14,16H,6,8,10H2/t16-/m0/s1. The summed E-state index contributed by atoms with van der Waals surface area (Å²) >= 11 is 1.19. The summed E-state index contributed by atoms with van der Waals surface area (Å²) < 4.78 is 0. The predicted molar refractivity (Wildman–Crippen MR) is 113 cm³/mol. The van der Waals surface area contributed by atoms with Crippen LogP contribution in [0.4, 0.5) is 5.69 Å². The van der Waals surface area contributed by atoms with Crippen LogP contribution in [0.3, 0.4) is 0 Å². The smallest absolute Gasteiger partial charge is 0.270 e. The maximum Gasteiger partial charge on any atom is 0.270 e. The van der Waals surface area contributed by atoms with Gasteiger partial charge in [0.1, 0.15) is 11.1 Å². The first-order valence-corrected chi connectivity index (χ1v) is 10.3. The van der Waals surface area contributed by atoms with Crippen LogP contribution in [0.15, 0.2) is 64.5 Å². The van der Waals surface area contributed by atoms with Crippen LogP contribution >= 0.6 is 11.8 Å². The highest BCUT2D eigenvalue weighted by Crippen LogP contribution is 2.37. The zero-order valence-electron chi connectivity index (χ0n) is 15.9. The van der Waals surface area contributed by atoms with E-state index in [0.717, 1.165) is 30.5 Å². The monoisotopic (exact) mass is 415 g/mol. The van der Waals surface area contributed by atoms with Gasteiger partial charge in [-0.2, -0.15) is 5.26 Å². The number of aryl methyl sites for hydroxylation is 1. The van der Waals surface area contributed by atoms with Gasteiger partial charge in [0.2, 0.25) is 0 Å². The number of aromatic nitrogens is 1. The molecule has 0 amide bonds. The van der Waals surface area contributed by atoms with E-state index in [1.807, 2.05) is 24.3 Å². The number of rotatable bonds is 5. The Morgan fingerprint density at radius 1 is 1.20 bits per heavy atom. The highest BCUT2D eigenvalue weighted by molar-refractivity contribution is 7.99. The van der Waals surface area contributed by atoms with Crippen molar-refractivity contribution in [3.8, 4) is 6.07 Å². The summed E-state index contributed by atoms with van der Waals surface area (Å²) in [6.07, 6.45) is 3.22. The minimum Gasteiger partial charge on any atom is -0.298 e.